The topological polar surface area (TPSA) is 74.6 Å². The molecule has 0 radical (unpaired) electrons. The number of hydrogen-bond donors (Lipinski definition) is 2. The van der Waals surface area contributed by atoms with Crippen molar-refractivity contribution in [2.75, 3.05) is 0 Å². The van der Waals surface area contributed by atoms with Crippen molar-refractivity contribution in [2.24, 2.45) is 0 Å². The quantitative estimate of drug-likeness (QED) is 0.764. The van der Waals surface area contributed by atoms with E-state index in [0.717, 1.165) is 18.3 Å². The molecule has 0 fully saturated rings. The molecule has 0 atom stereocenters. The minimum atomic E-state index is -1.08. The van der Waals surface area contributed by atoms with Gasteiger partial charge < -0.3 is 0 Å². The Labute approximate surface area is 132 Å². The van der Waals surface area contributed by atoms with Crippen LogP contribution in [0.3, 0.4) is 0 Å². The molecule has 0 aliphatic rings. The molecule has 21 heavy (non-hydrogen) atoms. The average molecular weight is 398 g/mol. The Morgan fingerprint density at radius 1 is 0.810 bits per heavy atom. The van der Waals surface area contributed by atoms with E-state index in [-0.39, 0.29) is 11.1 Å². The summed E-state index contributed by atoms with van der Waals surface area (Å²) >= 11 is -1.08. The molecule has 0 bridgehead atoms. The van der Waals surface area contributed by atoms with Crippen molar-refractivity contribution in [3.63, 3.8) is 0 Å². The van der Waals surface area contributed by atoms with Crippen LogP contribution in [0.1, 0.15) is 31.8 Å². The van der Waals surface area contributed by atoms with Crippen LogP contribution >= 0.6 is 0 Å². The van der Waals surface area contributed by atoms with Gasteiger partial charge in [0.05, 0.1) is 0 Å². The third-order valence-corrected chi connectivity index (χ3v) is 6.24. The van der Waals surface area contributed by atoms with Gasteiger partial charge in [0, 0.05) is 0 Å². The van der Waals surface area contributed by atoms with Crippen LogP contribution in [0, 0.1) is 13.8 Å². The zero-order chi connectivity index (χ0) is 15.6. The molecule has 2 aromatic carbocycles. The number of carboxylic acid groups (broad SMARTS) is 2. The molecule has 0 unspecified atom stereocenters. The Hall–Kier alpha value is -1.83. The van der Waals surface area contributed by atoms with Gasteiger partial charge in [0.2, 0.25) is 0 Å². The van der Waals surface area contributed by atoms with Gasteiger partial charge in [-0.25, -0.2) is 0 Å². The van der Waals surface area contributed by atoms with Crippen LogP contribution in [0.4, 0.5) is 0 Å². The van der Waals surface area contributed by atoms with Crippen molar-refractivity contribution in [1.29, 1.82) is 0 Å². The number of carbonyl (C=O) groups is 2. The number of aromatic carboxylic acids is 2. The molecule has 0 saturated heterocycles. The van der Waals surface area contributed by atoms with Gasteiger partial charge in [-0.05, 0) is 0 Å². The van der Waals surface area contributed by atoms with E-state index in [9.17, 15) is 19.8 Å². The second-order valence-corrected chi connectivity index (χ2v) is 7.80. The fourth-order valence-corrected chi connectivity index (χ4v) is 4.83. The molecular formula is C16H14O4Te. The van der Waals surface area contributed by atoms with E-state index in [4.69, 9.17) is 0 Å². The van der Waals surface area contributed by atoms with Gasteiger partial charge >= 0.3 is 132 Å². The number of aryl methyl sites for hydroxylation is 2. The van der Waals surface area contributed by atoms with Crippen LogP contribution in [0.5, 0.6) is 0 Å². The maximum absolute atomic E-state index is 11.3. The molecule has 0 aliphatic heterocycles. The first-order chi connectivity index (χ1) is 9.88. The second-order valence-electron chi connectivity index (χ2n) is 4.71. The minimum absolute atomic E-state index is 0.273. The fourth-order valence-electron chi connectivity index (χ4n) is 1.92. The first-order valence-corrected chi connectivity index (χ1v) is 8.57. The Morgan fingerprint density at radius 3 is 1.52 bits per heavy atom. The Balaban J connectivity index is 2.48. The summed E-state index contributed by atoms with van der Waals surface area (Å²) in [4.78, 5) is 22.7. The van der Waals surface area contributed by atoms with E-state index in [2.05, 4.69) is 0 Å². The van der Waals surface area contributed by atoms with Crippen molar-refractivity contribution < 1.29 is 19.8 Å². The molecule has 2 rings (SSSR count). The van der Waals surface area contributed by atoms with Gasteiger partial charge in [0.1, 0.15) is 0 Å². The van der Waals surface area contributed by atoms with Gasteiger partial charge in [0.25, 0.3) is 0 Å². The van der Waals surface area contributed by atoms with Crippen LogP contribution in [0.25, 0.3) is 0 Å². The van der Waals surface area contributed by atoms with Crippen molar-refractivity contribution in [3.05, 3.63) is 58.7 Å². The molecule has 0 spiro atoms. The van der Waals surface area contributed by atoms with E-state index in [1.165, 1.54) is 0 Å². The summed E-state index contributed by atoms with van der Waals surface area (Å²) in [6.07, 6.45) is 0. The zero-order valence-electron chi connectivity index (χ0n) is 11.6. The summed E-state index contributed by atoms with van der Waals surface area (Å²) in [5.74, 6) is -1.94. The number of carboxylic acids is 2. The predicted octanol–water partition coefficient (Wildman–Crippen LogP) is 1.35. The van der Waals surface area contributed by atoms with Gasteiger partial charge in [-0.3, -0.25) is 0 Å². The molecule has 108 valence electrons. The monoisotopic (exact) mass is 400 g/mol. The first kappa shape index (κ1) is 15.6. The van der Waals surface area contributed by atoms with Gasteiger partial charge in [-0.15, -0.1) is 0 Å². The molecule has 2 N–H and O–H groups in total. The zero-order valence-corrected chi connectivity index (χ0v) is 13.9. The summed E-state index contributed by atoms with van der Waals surface area (Å²) in [6.45, 7) is 3.68. The predicted molar refractivity (Wildman–Crippen MR) is 81.3 cm³/mol. The van der Waals surface area contributed by atoms with Gasteiger partial charge in [0.15, 0.2) is 0 Å². The van der Waals surface area contributed by atoms with Crippen LogP contribution in [-0.2, 0) is 0 Å². The Kier molecular flexibility index (Phi) is 4.66. The van der Waals surface area contributed by atoms with Crippen molar-refractivity contribution >= 4 is 40.1 Å². The van der Waals surface area contributed by atoms with E-state index in [0.29, 0.717) is 0 Å². The maximum atomic E-state index is 11.3. The number of rotatable bonds is 4. The fraction of sp³-hybridized carbons (Fsp3) is 0.125. The summed E-state index contributed by atoms with van der Waals surface area (Å²) in [5, 5.41) is 18.6. The molecule has 0 saturated carbocycles. The molecule has 0 heterocycles. The van der Waals surface area contributed by atoms with Gasteiger partial charge in [-0.2, -0.15) is 0 Å². The SMILES string of the molecule is Cc1ccc([Te]c2ccc(C)cc2C(=O)O)c(C(=O)O)c1. The normalized spacial score (nSPS) is 10.4. The first-order valence-electron chi connectivity index (χ1n) is 6.24. The number of benzene rings is 2. The van der Waals surface area contributed by atoms with Crippen molar-refractivity contribution in [3.8, 4) is 0 Å². The summed E-state index contributed by atoms with van der Waals surface area (Å²) < 4.78 is 1.48. The molecule has 0 aliphatic carbocycles. The standard InChI is InChI=1S/C16H14O4Te/c1-9-3-5-13(11(7-9)15(17)18)21-14-6-4-10(2)8-12(14)16(19)20/h3-8H,1-2H3,(H,17,18)(H,19,20). The van der Waals surface area contributed by atoms with Gasteiger partial charge in [-0.1, -0.05) is 0 Å². The summed E-state index contributed by atoms with van der Waals surface area (Å²) in [6, 6.07) is 10.6. The molecule has 5 heteroatoms. The molecular weight excluding hydrogens is 384 g/mol. The third kappa shape index (κ3) is 3.63. The molecule has 0 aromatic heterocycles. The third-order valence-electron chi connectivity index (χ3n) is 2.95. The van der Waals surface area contributed by atoms with E-state index >= 15 is 0 Å². The number of hydrogen-bond acceptors (Lipinski definition) is 2. The average Bonchev–Trinajstić information content (AvgIpc) is 2.42. The molecule has 4 nitrogen and oxygen atoms in total. The van der Waals surface area contributed by atoms with Crippen molar-refractivity contribution in [1.82, 2.24) is 0 Å². The van der Waals surface area contributed by atoms with Crippen LogP contribution in [0.2, 0.25) is 0 Å². The Morgan fingerprint density at radius 2 is 1.19 bits per heavy atom. The van der Waals surface area contributed by atoms with Crippen LogP contribution < -0.4 is 7.22 Å². The molecule has 2 aromatic rings. The second kappa shape index (κ2) is 6.30. The summed E-state index contributed by atoms with van der Waals surface area (Å²) in [5.41, 5.74) is 2.31. The van der Waals surface area contributed by atoms with Crippen molar-refractivity contribution in [2.45, 2.75) is 13.8 Å². The Bertz CT molecular complexity index is 661. The van der Waals surface area contributed by atoms with Crippen LogP contribution in [-0.4, -0.2) is 43.1 Å². The van der Waals surface area contributed by atoms with Crippen LogP contribution in [0.15, 0.2) is 36.4 Å². The molecule has 0 amide bonds. The van der Waals surface area contributed by atoms with E-state index < -0.39 is 32.9 Å². The summed E-state index contributed by atoms with van der Waals surface area (Å²) in [7, 11) is 0. The van der Waals surface area contributed by atoms with E-state index in [1.807, 2.05) is 26.0 Å². The van der Waals surface area contributed by atoms with E-state index in [1.54, 1.807) is 24.3 Å².